The average molecular weight is 240 g/mol. The maximum Gasteiger partial charge on any atom is 0.130 e. The normalized spacial score (nSPS) is 17.1. The molecule has 1 aromatic rings. The van der Waals surface area contributed by atoms with E-state index in [1.807, 2.05) is 6.92 Å². The Morgan fingerprint density at radius 3 is 2.53 bits per heavy atom. The minimum Gasteiger partial charge on any atom is -0.312 e. The van der Waals surface area contributed by atoms with E-state index in [1.165, 1.54) is 31.0 Å². The minimum absolute atomic E-state index is 0.116. The summed E-state index contributed by atoms with van der Waals surface area (Å²) in [5.41, 5.74) is 0.116. The lowest BCUT2D eigenvalue weighted by molar-refractivity contribution is 0.475. The fourth-order valence-corrected chi connectivity index (χ4v) is 1.68. The second kappa shape index (κ2) is 5.56. The Morgan fingerprint density at radius 1 is 1.29 bits per heavy atom. The van der Waals surface area contributed by atoms with Crippen LogP contribution in [0.5, 0.6) is 0 Å². The zero-order valence-electron chi connectivity index (χ0n) is 9.97. The maximum atomic E-state index is 13.3. The molecule has 1 unspecified atom stereocenters. The zero-order chi connectivity index (χ0) is 12.3. The molecule has 1 aliphatic carbocycles. The van der Waals surface area contributed by atoms with Crippen molar-refractivity contribution in [3.8, 4) is 0 Å². The highest BCUT2D eigenvalue weighted by atomic mass is 19.1. The summed E-state index contributed by atoms with van der Waals surface area (Å²) in [5.74, 6) is -0.972. The standard InChI is InChI=1S/C13H18F2N2/c1-9(7-17-10-5-6-10)16-8-11-12(14)3-2-4-13(11)15/h2-4,9-10,16-17H,5-8H2,1H3. The predicted octanol–water partition coefficient (Wildman–Crippen LogP) is 2.19. The van der Waals surface area contributed by atoms with E-state index in [4.69, 9.17) is 0 Å². The third-order valence-corrected chi connectivity index (χ3v) is 2.98. The number of hydrogen-bond donors (Lipinski definition) is 2. The van der Waals surface area contributed by atoms with Crippen LogP contribution in [0.3, 0.4) is 0 Å². The number of halogens is 2. The van der Waals surface area contributed by atoms with Crippen molar-refractivity contribution in [3.63, 3.8) is 0 Å². The molecule has 0 aliphatic heterocycles. The third-order valence-electron chi connectivity index (χ3n) is 2.98. The SMILES string of the molecule is CC(CNC1CC1)NCc1c(F)cccc1F. The minimum atomic E-state index is -0.486. The monoisotopic (exact) mass is 240 g/mol. The van der Waals surface area contributed by atoms with Gasteiger partial charge in [-0.2, -0.15) is 0 Å². The lowest BCUT2D eigenvalue weighted by Crippen LogP contribution is -2.37. The number of benzene rings is 1. The molecular formula is C13H18F2N2. The summed E-state index contributed by atoms with van der Waals surface area (Å²) >= 11 is 0. The van der Waals surface area contributed by atoms with Crippen LogP contribution in [0.2, 0.25) is 0 Å². The van der Waals surface area contributed by atoms with Gasteiger partial charge < -0.3 is 10.6 Å². The van der Waals surface area contributed by atoms with Crippen LogP contribution in [0.15, 0.2) is 18.2 Å². The largest absolute Gasteiger partial charge is 0.312 e. The van der Waals surface area contributed by atoms with Gasteiger partial charge in [-0.25, -0.2) is 8.78 Å². The number of rotatable bonds is 6. The lowest BCUT2D eigenvalue weighted by Gasteiger charge is -2.15. The Kier molecular flexibility index (Phi) is 4.07. The van der Waals surface area contributed by atoms with Gasteiger partial charge >= 0.3 is 0 Å². The van der Waals surface area contributed by atoms with Gasteiger partial charge in [-0.1, -0.05) is 6.07 Å². The van der Waals surface area contributed by atoms with E-state index < -0.39 is 11.6 Å². The molecule has 1 atom stereocenters. The van der Waals surface area contributed by atoms with Crippen molar-refractivity contribution in [2.45, 2.75) is 38.4 Å². The van der Waals surface area contributed by atoms with Gasteiger partial charge in [0.1, 0.15) is 11.6 Å². The summed E-state index contributed by atoms with van der Waals surface area (Å²) in [6.07, 6.45) is 2.49. The molecule has 2 N–H and O–H groups in total. The van der Waals surface area contributed by atoms with Crippen molar-refractivity contribution in [3.05, 3.63) is 35.4 Å². The summed E-state index contributed by atoms with van der Waals surface area (Å²) in [7, 11) is 0. The molecule has 0 heterocycles. The van der Waals surface area contributed by atoms with Crippen LogP contribution in [0.25, 0.3) is 0 Å². The molecule has 0 amide bonds. The van der Waals surface area contributed by atoms with Crippen molar-refractivity contribution >= 4 is 0 Å². The first-order valence-electron chi connectivity index (χ1n) is 6.06. The van der Waals surface area contributed by atoms with Crippen LogP contribution in [0, 0.1) is 11.6 Å². The van der Waals surface area contributed by atoms with Crippen LogP contribution < -0.4 is 10.6 Å². The molecule has 1 saturated carbocycles. The first kappa shape index (κ1) is 12.5. The quantitative estimate of drug-likeness (QED) is 0.796. The topological polar surface area (TPSA) is 24.1 Å². The van der Waals surface area contributed by atoms with E-state index in [1.54, 1.807) is 0 Å². The predicted molar refractivity (Wildman–Crippen MR) is 63.7 cm³/mol. The maximum absolute atomic E-state index is 13.3. The van der Waals surface area contributed by atoms with Crippen LogP contribution >= 0.6 is 0 Å². The second-order valence-corrected chi connectivity index (χ2v) is 4.66. The molecule has 1 fully saturated rings. The molecule has 2 rings (SSSR count). The van der Waals surface area contributed by atoms with Crippen LogP contribution in [-0.4, -0.2) is 18.6 Å². The molecule has 0 saturated heterocycles. The molecule has 17 heavy (non-hydrogen) atoms. The Hall–Kier alpha value is -1.00. The van der Waals surface area contributed by atoms with Crippen molar-refractivity contribution in [1.29, 1.82) is 0 Å². The zero-order valence-corrected chi connectivity index (χ0v) is 9.97. The molecule has 1 aromatic carbocycles. The summed E-state index contributed by atoms with van der Waals surface area (Å²) < 4.78 is 26.7. The molecule has 94 valence electrons. The van der Waals surface area contributed by atoms with Crippen LogP contribution in [0.1, 0.15) is 25.3 Å². The summed E-state index contributed by atoms with van der Waals surface area (Å²) in [6.45, 7) is 3.07. The van der Waals surface area contributed by atoms with Crippen molar-refractivity contribution in [2.75, 3.05) is 6.54 Å². The highest BCUT2D eigenvalue weighted by Gasteiger charge is 2.20. The summed E-state index contributed by atoms with van der Waals surface area (Å²) in [4.78, 5) is 0. The molecule has 2 nitrogen and oxygen atoms in total. The smallest absolute Gasteiger partial charge is 0.130 e. The van der Waals surface area contributed by atoms with Crippen LogP contribution in [-0.2, 0) is 6.54 Å². The fourth-order valence-electron chi connectivity index (χ4n) is 1.68. The van der Waals surface area contributed by atoms with E-state index in [0.29, 0.717) is 6.04 Å². The lowest BCUT2D eigenvalue weighted by atomic mass is 10.2. The van der Waals surface area contributed by atoms with Crippen LogP contribution in [0.4, 0.5) is 8.78 Å². The average Bonchev–Trinajstić information content (AvgIpc) is 3.09. The molecule has 0 radical (unpaired) electrons. The van der Waals surface area contributed by atoms with Crippen molar-refractivity contribution in [2.24, 2.45) is 0 Å². The van der Waals surface area contributed by atoms with Gasteiger partial charge in [0.2, 0.25) is 0 Å². The highest BCUT2D eigenvalue weighted by Crippen LogP contribution is 2.18. The van der Waals surface area contributed by atoms with E-state index in [9.17, 15) is 8.78 Å². The van der Waals surface area contributed by atoms with Crippen molar-refractivity contribution in [1.82, 2.24) is 10.6 Å². The van der Waals surface area contributed by atoms with Gasteiger partial charge in [0, 0.05) is 30.7 Å². The first-order valence-corrected chi connectivity index (χ1v) is 6.06. The molecular weight excluding hydrogens is 222 g/mol. The Balaban J connectivity index is 1.79. The van der Waals surface area contributed by atoms with Gasteiger partial charge in [0.05, 0.1) is 0 Å². The van der Waals surface area contributed by atoms with Gasteiger partial charge in [-0.3, -0.25) is 0 Å². The van der Waals surface area contributed by atoms with Crippen molar-refractivity contribution < 1.29 is 8.78 Å². The molecule has 4 heteroatoms. The van der Waals surface area contributed by atoms with E-state index in [0.717, 1.165) is 6.54 Å². The Bertz CT molecular complexity index is 357. The Morgan fingerprint density at radius 2 is 1.94 bits per heavy atom. The van der Waals surface area contributed by atoms with Gasteiger partial charge in [0.25, 0.3) is 0 Å². The van der Waals surface area contributed by atoms with E-state index >= 15 is 0 Å². The first-order chi connectivity index (χ1) is 8.16. The van der Waals surface area contributed by atoms with E-state index in [-0.39, 0.29) is 18.2 Å². The summed E-state index contributed by atoms with van der Waals surface area (Å²) in [5, 5.41) is 6.49. The molecule has 1 aliphatic rings. The molecule has 0 aromatic heterocycles. The van der Waals surface area contributed by atoms with Gasteiger partial charge in [0.15, 0.2) is 0 Å². The number of hydrogen-bond acceptors (Lipinski definition) is 2. The van der Waals surface area contributed by atoms with Gasteiger partial charge in [-0.15, -0.1) is 0 Å². The highest BCUT2D eigenvalue weighted by molar-refractivity contribution is 5.19. The molecule has 0 bridgehead atoms. The summed E-state index contributed by atoms with van der Waals surface area (Å²) in [6, 6.07) is 4.81. The number of nitrogens with one attached hydrogen (secondary N) is 2. The third kappa shape index (κ3) is 3.75. The molecule has 0 spiro atoms. The van der Waals surface area contributed by atoms with E-state index in [2.05, 4.69) is 10.6 Å². The fraction of sp³-hybridized carbons (Fsp3) is 0.538. The van der Waals surface area contributed by atoms with Gasteiger partial charge in [-0.05, 0) is 31.9 Å². The second-order valence-electron chi connectivity index (χ2n) is 4.66. The Labute approximate surface area is 100 Å².